The summed E-state index contributed by atoms with van der Waals surface area (Å²) in [5, 5.41) is 0. The molecule has 1 rings (SSSR count). The standard InChI is InChI=1S/C4H10N2/c5-6-3-4-1-2-4/h4,6H,1-3,5H2/p+1. The van der Waals surface area contributed by atoms with Crippen molar-refractivity contribution in [3.05, 3.63) is 0 Å². The molecule has 4 N–H and O–H groups in total. The highest BCUT2D eigenvalue weighted by molar-refractivity contribution is 4.70. The highest BCUT2D eigenvalue weighted by Crippen LogP contribution is 2.26. The molecule has 0 aliphatic heterocycles. The van der Waals surface area contributed by atoms with E-state index in [9.17, 15) is 0 Å². The summed E-state index contributed by atoms with van der Waals surface area (Å²) in [5.74, 6) is 6.11. The van der Waals surface area contributed by atoms with Crippen molar-refractivity contribution in [2.45, 2.75) is 12.8 Å². The van der Waals surface area contributed by atoms with Crippen LogP contribution < -0.4 is 11.3 Å². The molecule has 36 valence electrons. The first-order chi connectivity index (χ1) is 2.93. The summed E-state index contributed by atoms with van der Waals surface area (Å²) in [6.07, 6.45) is 2.82. The number of quaternary nitrogens is 1. The first-order valence-corrected chi connectivity index (χ1v) is 2.47. The maximum absolute atomic E-state index is 5.14. The third kappa shape index (κ3) is 0.954. The molecule has 6 heavy (non-hydrogen) atoms. The number of hydrogen-bond acceptors (Lipinski definition) is 1. The molecule has 1 saturated carbocycles. The van der Waals surface area contributed by atoms with Gasteiger partial charge in [-0.2, -0.15) is 5.84 Å². The average molecular weight is 87.1 g/mol. The Hall–Kier alpha value is -0.0800. The predicted octanol–water partition coefficient (Wildman–Crippen LogP) is -1.17. The quantitative estimate of drug-likeness (QED) is 0.323. The summed E-state index contributed by atoms with van der Waals surface area (Å²) in [7, 11) is 0. The van der Waals surface area contributed by atoms with Crippen LogP contribution in [0.25, 0.3) is 0 Å². The predicted molar refractivity (Wildman–Crippen MR) is 23.7 cm³/mol. The maximum atomic E-state index is 5.14. The van der Waals surface area contributed by atoms with Crippen molar-refractivity contribution < 1.29 is 5.43 Å². The zero-order chi connectivity index (χ0) is 4.41. The lowest BCUT2D eigenvalue weighted by atomic mass is 10.4. The van der Waals surface area contributed by atoms with E-state index >= 15 is 0 Å². The number of nitrogens with two attached hydrogens (primary N) is 2. The fourth-order valence-electron chi connectivity index (χ4n) is 0.546. The van der Waals surface area contributed by atoms with Crippen LogP contribution in [0.1, 0.15) is 12.8 Å². The molecule has 0 bridgehead atoms. The molecule has 0 atom stereocenters. The molecule has 2 heteroatoms. The monoisotopic (exact) mass is 87.1 g/mol. The Bertz CT molecular complexity index is 40.8. The minimum atomic E-state index is 0.968. The second-order valence-electron chi connectivity index (χ2n) is 1.91. The molecule has 0 saturated heterocycles. The Morgan fingerprint density at radius 1 is 1.67 bits per heavy atom. The van der Waals surface area contributed by atoms with E-state index in [0.29, 0.717) is 0 Å². The lowest BCUT2D eigenvalue weighted by Crippen LogP contribution is -2.91. The third-order valence-corrected chi connectivity index (χ3v) is 1.17. The van der Waals surface area contributed by atoms with E-state index in [-0.39, 0.29) is 0 Å². The maximum Gasteiger partial charge on any atom is 0.0956 e. The molecular formula is C4H11N2+. The van der Waals surface area contributed by atoms with Gasteiger partial charge in [-0.1, -0.05) is 0 Å². The van der Waals surface area contributed by atoms with Crippen molar-refractivity contribution in [3.8, 4) is 0 Å². The van der Waals surface area contributed by atoms with Gasteiger partial charge < -0.3 is 0 Å². The van der Waals surface area contributed by atoms with Crippen molar-refractivity contribution in [2.75, 3.05) is 6.54 Å². The van der Waals surface area contributed by atoms with Crippen LogP contribution in [0.5, 0.6) is 0 Å². The summed E-state index contributed by atoms with van der Waals surface area (Å²) >= 11 is 0. The van der Waals surface area contributed by atoms with E-state index < -0.39 is 0 Å². The molecule has 0 amide bonds. The van der Waals surface area contributed by atoms with E-state index in [0.717, 1.165) is 12.5 Å². The number of rotatable bonds is 2. The Balaban J connectivity index is 1.88. The van der Waals surface area contributed by atoms with Crippen LogP contribution in [-0.2, 0) is 0 Å². The van der Waals surface area contributed by atoms with Crippen molar-refractivity contribution in [1.82, 2.24) is 0 Å². The van der Waals surface area contributed by atoms with Gasteiger partial charge in [-0.25, -0.2) is 0 Å². The lowest BCUT2D eigenvalue weighted by Gasteiger charge is -1.83. The Kier molecular flexibility index (Phi) is 1.08. The third-order valence-electron chi connectivity index (χ3n) is 1.17. The smallest absolute Gasteiger partial charge is 0.0956 e. The van der Waals surface area contributed by atoms with E-state index in [1.165, 1.54) is 12.8 Å². The Morgan fingerprint density at radius 2 is 2.33 bits per heavy atom. The molecule has 0 unspecified atom stereocenters. The lowest BCUT2D eigenvalue weighted by molar-refractivity contribution is -0.670. The second kappa shape index (κ2) is 1.58. The fourth-order valence-corrected chi connectivity index (χ4v) is 0.546. The SMILES string of the molecule is N[NH2+]CC1CC1. The fraction of sp³-hybridized carbons (Fsp3) is 1.00. The van der Waals surface area contributed by atoms with Gasteiger partial charge in [0.15, 0.2) is 0 Å². The van der Waals surface area contributed by atoms with Crippen LogP contribution >= 0.6 is 0 Å². The first kappa shape index (κ1) is 4.09. The minimum absolute atomic E-state index is 0.968. The van der Waals surface area contributed by atoms with Crippen LogP contribution in [0.3, 0.4) is 0 Å². The second-order valence-corrected chi connectivity index (χ2v) is 1.91. The van der Waals surface area contributed by atoms with Crippen LogP contribution in [0.4, 0.5) is 0 Å². The summed E-state index contributed by atoms with van der Waals surface area (Å²) in [4.78, 5) is 0. The molecule has 0 aromatic rings. The molecule has 1 aliphatic carbocycles. The van der Waals surface area contributed by atoms with Gasteiger partial charge in [0.1, 0.15) is 0 Å². The minimum Gasteiger partial charge on any atom is -0.271 e. The number of hydrogen-bond donors (Lipinski definition) is 2. The Labute approximate surface area is 37.7 Å². The largest absolute Gasteiger partial charge is 0.271 e. The average Bonchev–Trinajstić information content (AvgIpc) is 2.21. The van der Waals surface area contributed by atoms with E-state index in [2.05, 4.69) is 0 Å². The van der Waals surface area contributed by atoms with Crippen molar-refractivity contribution in [1.29, 1.82) is 0 Å². The van der Waals surface area contributed by atoms with E-state index in [1.807, 2.05) is 0 Å². The zero-order valence-corrected chi connectivity index (χ0v) is 3.85. The molecule has 0 aromatic carbocycles. The molecule has 0 heterocycles. The summed E-state index contributed by atoms with van der Waals surface area (Å²) in [6.45, 7) is 1.14. The molecule has 0 spiro atoms. The van der Waals surface area contributed by atoms with Crippen LogP contribution in [0.2, 0.25) is 0 Å². The van der Waals surface area contributed by atoms with Gasteiger partial charge in [0.05, 0.1) is 6.54 Å². The normalized spacial score (nSPS) is 21.5. The van der Waals surface area contributed by atoms with Crippen molar-refractivity contribution >= 4 is 0 Å². The van der Waals surface area contributed by atoms with Crippen LogP contribution in [0, 0.1) is 5.92 Å². The van der Waals surface area contributed by atoms with Crippen molar-refractivity contribution in [3.63, 3.8) is 0 Å². The summed E-state index contributed by atoms with van der Waals surface area (Å²) in [5.41, 5.74) is 1.76. The molecule has 2 nitrogen and oxygen atoms in total. The van der Waals surface area contributed by atoms with Gasteiger partial charge in [-0.05, 0) is 12.8 Å². The van der Waals surface area contributed by atoms with Gasteiger partial charge in [0.2, 0.25) is 0 Å². The Morgan fingerprint density at radius 3 is 2.50 bits per heavy atom. The van der Waals surface area contributed by atoms with Gasteiger partial charge in [-0.15, -0.1) is 0 Å². The molecule has 0 radical (unpaired) electrons. The van der Waals surface area contributed by atoms with Gasteiger partial charge in [-0.3, -0.25) is 5.43 Å². The van der Waals surface area contributed by atoms with E-state index in [4.69, 9.17) is 5.84 Å². The molecule has 1 fully saturated rings. The summed E-state index contributed by atoms with van der Waals surface area (Å²) in [6, 6.07) is 0. The van der Waals surface area contributed by atoms with Gasteiger partial charge >= 0.3 is 0 Å². The molecule has 0 aromatic heterocycles. The van der Waals surface area contributed by atoms with E-state index in [1.54, 1.807) is 5.43 Å². The van der Waals surface area contributed by atoms with Crippen LogP contribution in [0.15, 0.2) is 0 Å². The molecular weight excluding hydrogens is 76.1 g/mol. The topological polar surface area (TPSA) is 42.6 Å². The highest BCUT2D eigenvalue weighted by atomic mass is 15.2. The first-order valence-electron chi connectivity index (χ1n) is 2.47. The highest BCUT2D eigenvalue weighted by Gasteiger charge is 2.21. The van der Waals surface area contributed by atoms with Gasteiger partial charge in [0, 0.05) is 5.92 Å². The van der Waals surface area contributed by atoms with Crippen molar-refractivity contribution in [2.24, 2.45) is 11.8 Å². The van der Waals surface area contributed by atoms with Crippen LogP contribution in [-0.4, -0.2) is 6.54 Å². The van der Waals surface area contributed by atoms with Gasteiger partial charge in [0.25, 0.3) is 0 Å². The zero-order valence-electron chi connectivity index (χ0n) is 3.85. The molecule has 1 aliphatic rings. The summed E-state index contributed by atoms with van der Waals surface area (Å²) < 4.78 is 0.